The minimum Gasteiger partial charge on any atom is -0.461 e. The number of hydrogen-bond donors (Lipinski definition) is 1. The first-order chi connectivity index (χ1) is 20.0. The second kappa shape index (κ2) is 16.7. The highest BCUT2D eigenvalue weighted by Crippen LogP contribution is 2.26. The van der Waals surface area contributed by atoms with Gasteiger partial charge in [-0.2, -0.15) is 0 Å². The first-order valence-corrected chi connectivity index (χ1v) is 15.2. The zero-order chi connectivity index (χ0) is 30.8. The summed E-state index contributed by atoms with van der Waals surface area (Å²) in [6.07, 6.45) is 6.45. The summed E-state index contributed by atoms with van der Waals surface area (Å²) in [5.41, 5.74) is 2.49. The molecular weight excluding hydrogens is 780 g/mol. The Balaban J connectivity index is 0.000000182. The number of aromatic nitrogens is 4. The van der Waals surface area contributed by atoms with Crippen LogP contribution in [0.4, 0.5) is 0 Å². The van der Waals surface area contributed by atoms with Gasteiger partial charge in [-0.3, -0.25) is 0 Å². The van der Waals surface area contributed by atoms with Crippen LogP contribution in [0.3, 0.4) is 0 Å². The van der Waals surface area contributed by atoms with Crippen molar-refractivity contribution in [3.05, 3.63) is 125 Å². The van der Waals surface area contributed by atoms with Crippen LogP contribution in [0.2, 0.25) is 30.1 Å². The van der Waals surface area contributed by atoms with Gasteiger partial charge in [0.2, 0.25) is 0 Å². The lowest BCUT2D eigenvalue weighted by Crippen LogP contribution is -2.04. The summed E-state index contributed by atoms with van der Waals surface area (Å²) < 4.78 is 9.40. The Morgan fingerprint density at radius 2 is 1.26 bits per heavy atom. The number of halogens is 7. The molecule has 0 radical (unpaired) electrons. The monoisotopic (exact) mass is 798 g/mol. The number of carbonyl (C=O) groups is 1. The van der Waals surface area contributed by atoms with Crippen LogP contribution >= 0.6 is 92.2 Å². The Bertz CT molecular complexity index is 1660. The fourth-order valence-electron chi connectivity index (χ4n) is 3.12. The third-order valence-corrected chi connectivity index (χ3v) is 8.04. The molecule has 1 N–H and O–H groups in total. The van der Waals surface area contributed by atoms with E-state index in [-0.39, 0.29) is 12.3 Å². The van der Waals surface area contributed by atoms with Crippen LogP contribution in [0, 0.1) is 3.57 Å². The molecule has 42 heavy (non-hydrogen) atoms. The molecule has 0 unspecified atom stereocenters. The number of imidazole rings is 2. The Morgan fingerprint density at radius 1 is 0.762 bits per heavy atom. The Kier molecular flexibility index (Phi) is 13.7. The molecule has 5 aromatic rings. The third-order valence-electron chi connectivity index (χ3n) is 5.15. The van der Waals surface area contributed by atoms with E-state index < -0.39 is 5.97 Å². The largest absolute Gasteiger partial charge is 0.461 e. The summed E-state index contributed by atoms with van der Waals surface area (Å²) in [6.45, 7) is 1.99. The van der Waals surface area contributed by atoms with E-state index in [9.17, 15) is 4.79 Å². The number of aliphatic hydroxyl groups is 1. The fraction of sp³-hybridized carbons (Fsp3) is 0.107. The first-order valence-electron chi connectivity index (χ1n) is 11.9. The van der Waals surface area contributed by atoms with Crippen LogP contribution in [0.1, 0.15) is 23.1 Å². The van der Waals surface area contributed by atoms with E-state index in [1.807, 2.05) is 18.2 Å². The van der Waals surface area contributed by atoms with Gasteiger partial charge < -0.3 is 19.0 Å². The second-order valence-corrected chi connectivity index (χ2v) is 11.8. The molecule has 0 saturated carbocycles. The maximum Gasteiger partial charge on any atom is 0.358 e. The maximum absolute atomic E-state index is 11.5. The van der Waals surface area contributed by atoms with Crippen LogP contribution in [-0.2, 0) is 11.3 Å². The number of hydrogen-bond acceptors (Lipinski definition) is 5. The van der Waals surface area contributed by atoms with E-state index in [0.29, 0.717) is 42.4 Å². The Morgan fingerprint density at radius 3 is 1.71 bits per heavy atom. The predicted molar refractivity (Wildman–Crippen MR) is 178 cm³/mol. The molecule has 0 saturated heterocycles. The molecule has 2 aromatic heterocycles. The lowest BCUT2D eigenvalue weighted by molar-refractivity contribution is 0.0520. The zero-order valence-corrected chi connectivity index (χ0v) is 28.3. The Hall–Kier alpha value is -2.02. The van der Waals surface area contributed by atoms with Crippen molar-refractivity contribution >= 4 is 98.2 Å². The van der Waals surface area contributed by atoms with Crippen molar-refractivity contribution in [1.29, 1.82) is 0 Å². The normalized spacial score (nSPS) is 10.3. The second-order valence-electron chi connectivity index (χ2n) is 8.07. The number of ether oxygens (including phenoxy) is 1. The number of benzene rings is 3. The summed E-state index contributed by atoms with van der Waals surface area (Å²) in [6, 6.07) is 16.0. The summed E-state index contributed by atoms with van der Waals surface area (Å²) in [7, 11) is 0. The minimum atomic E-state index is -0.448. The lowest BCUT2D eigenvalue weighted by Gasteiger charge is -2.03. The highest BCUT2D eigenvalue weighted by molar-refractivity contribution is 14.1. The van der Waals surface area contributed by atoms with Gasteiger partial charge in [-0.15, -0.1) is 0 Å². The topological polar surface area (TPSA) is 82.2 Å². The zero-order valence-electron chi connectivity index (χ0n) is 21.6. The summed E-state index contributed by atoms with van der Waals surface area (Å²) in [4.78, 5) is 19.4. The van der Waals surface area contributed by atoms with Gasteiger partial charge in [0.25, 0.3) is 0 Å². The van der Waals surface area contributed by atoms with Gasteiger partial charge in [0.1, 0.15) is 6.33 Å². The SMILES string of the molecule is CCOC(=O)c1cn(-c2ccc(Cl)c(Cl)c2)cn1.Clc1ccc(I)cc1Cl.OCc1cn(-c2ccc(Cl)c(Cl)c2)cn1. The number of nitrogens with zero attached hydrogens (tertiary/aromatic N) is 4. The van der Waals surface area contributed by atoms with Gasteiger partial charge in [-0.05, 0) is 84.1 Å². The lowest BCUT2D eigenvalue weighted by atomic mass is 10.3. The van der Waals surface area contributed by atoms with Gasteiger partial charge in [-0.25, -0.2) is 14.8 Å². The number of rotatable bonds is 5. The van der Waals surface area contributed by atoms with Gasteiger partial charge in [0, 0.05) is 27.3 Å². The van der Waals surface area contributed by atoms with Gasteiger partial charge in [0.15, 0.2) is 5.69 Å². The molecule has 0 atom stereocenters. The molecule has 0 amide bonds. The molecule has 2 heterocycles. The van der Waals surface area contributed by atoms with E-state index in [4.69, 9.17) is 79.4 Å². The molecule has 14 heteroatoms. The molecule has 5 rings (SSSR count). The van der Waals surface area contributed by atoms with Gasteiger partial charge in [-0.1, -0.05) is 69.6 Å². The van der Waals surface area contributed by atoms with Crippen LogP contribution in [0.15, 0.2) is 79.6 Å². The van der Waals surface area contributed by atoms with Gasteiger partial charge >= 0.3 is 5.97 Å². The molecule has 220 valence electrons. The number of carbonyl (C=O) groups excluding carboxylic acids is 1. The van der Waals surface area contributed by atoms with Crippen LogP contribution in [0.5, 0.6) is 0 Å². The van der Waals surface area contributed by atoms with Crippen LogP contribution in [0.25, 0.3) is 11.4 Å². The molecular formula is C28H21Cl6IN4O3. The Labute approximate surface area is 286 Å². The van der Waals surface area contributed by atoms with Crippen molar-refractivity contribution < 1.29 is 14.6 Å². The third kappa shape index (κ3) is 10.0. The molecule has 0 spiro atoms. The van der Waals surface area contributed by atoms with Crippen molar-refractivity contribution in [2.24, 2.45) is 0 Å². The average molecular weight is 801 g/mol. The minimum absolute atomic E-state index is 0.0751. The molecule has 0 fully saturated rings. The quantitative estimate of drug-likeness (QED) is 0.109. The van der Waals surface area contributed by atoms with Crippen LogP contribution < -0.4 is 0 Å². The molecule has 0 aliphatic heterocycles. The standard InChI is InChI=1S/C12H10Cl2N2O2.C10H8Cl2N2O.C6H3Cl2I/c1-2-18-12(17)11-6-16(7-15-11)8-3-4-9(13)10(14)5-8;11-9-2-1-8(3-10(9)12)14-4-7(5-15)13-6-14;7-5-2-1-4(9)3-6(5)8/h3-7H,2H2,1H3;1-4,6,15H,5H2;1-3H. The molecule has 0 aliphatic carbocycles. The van der Waals surface area contributed by atoms with Crippen molar-refractivity contribution in [2.45, 2.75) is 13.5 Å². The van der Waals surface area contributed by atoms with E-state index in [2.05, 4.69) is 32.6 Å². The highest BCUT2D eigenvalue weighted by Gasteiger charge is 2.11. The van der Waals surface area contributed by atoms with Crippen molar-refractivity contribution in [3.8, 4) is 11.4 Å². The summed E-state index contributed by atoms with van der Waals surface area (Å²) >= 11 is 37.0. The number of aliphatic hydroxyl groups excluding tert-OH is 1. The average Bonchev–Trinajstić information content (AvgIpc) is 3.66. The van der Waals surface area contributed by atoms with E-state index in [1.54, 1.807) is 71.2 Å². The van der Waals surface area contributed by atoms with Crippen molar-refractivity contribution in [2.75, 3.05) is 6.61 Å². The fourth-order valence-corrected chi connectivity index (χ4v) is 4.68. The van der Waals surface area contributed by atoms with Crippen molar-refractivity contribution in [3.63, 3.8) is 0 Å². The van der Waals surface area contributed by atoms with E-state index >= 15 is 0 Å². The maximum atomic E-state index is 11.5. The summed E-state index contributed by atoms with van der Waals surface area (Å²) in [5.74, 6) is -0.448. The molecule has 7 nitrogen and oxygen atoms in total. The first kappa shape index (κ1) is 34.5. The van der Waals surface area contributed by atoms with E-state index in [1.165, 1.54) is 6.33 Å². The smallest absolute Gasteiger partial charge is 0.358 e. The highest BCUT2D eigenvalue weighted by atomic mass is 127. The number of esters is 1. The molecule has 0 aliphatic rings. The molecule has 3 aromatic carbocycles. The van der Waals surface area contributed by atoms with Gasteiger partial charge in [0.05, 0.1) is 55.4 Å². The van der Waals surface area contributed by atoms with Crippen molar-refractivity contribution in [1.82, 2.24) is 19.1 Å². The predicted octanol–water partition coefficient (Wildman–Crippen LogP) is 9.63. The molecule has 0 bridgehead atoms. The summed E-state index contributed by atoms with van der Waals surface area (Å²) in [5, 5.41) is 12.0. The van der Waals surface area contributed by atoms with Crippen LogP contribution in [-0.4, -0.2) is 36.8 Å². The van der Waals surface area contributed by atoms with E-state index in [0.717, 1.165) is 14.9 Å².